The maximum Gasteiger partial charge on any atom is 0.283 e. The average molecular weight is 237 g/mol. The Morgan fingerprint density at radius 3 is 2.50 bits per heavy atom. The molecule has 4 nitrogen and oxygen atoms in total. The van der Waals surface area contributed by atoms with Crippen molar-refractivity contribution in [2.24, 2.45) is 0 Å². The van der Waals surface area contributed by atoms with E-state index in [0.717, 1.165) is 10.8 Å². The Morgan fingerprint density at radius 1 is 1.06 bits per heavy atom. The lowest BCUT2D eigenvalue weighted by atomic mass is 10.1. The maximum atomic E-state index is 10.6. The summed E-state index contributed by atoms with van der Waals surface area (Å²) in [7, 11) is -4.00. The highest BCUT2D eigenvalue weighted by atomic mass is 32.2. The van der Waals surface area contributed by atoms with Crippen LogP contribution in [0, 0.1) is 0 Å². The molecule has 0 unspecified atom stereocenters. The van der Waals surface area contributed by atoms with Crippen molar-refractivity contribution in [2.75, 3.05) is 11.2 Å². The summed E-state index contributed by atoms with van der Waals surface area (Å²) in [5.74, 6) is -0.485. The standard InChI is InChI=1S/C11H11NO3S/c13-16(14,15)8-12-11-7-3-5-9-4-1-2-6-10(9)11/h1-7,12H,8H2,(H,13,14,15). The molecular weight excluding hydrogens is 226 g/mol. The minimum atomic E-state index is -4.00. The highest BCUT2D eigenvalue weighted by molar-refractivity contribution is 7.85. The molecule has 2 N–H and O–H groups in total. The molecule has 0 saturated carbocycles. The van der Waals surface area contributed by atoms with E-state index in [4.69, 9.17) is 4.55 Å². The van der Waals surface area contributed by atoms with Gasteiger partial charge in [-0.3, -0.25) is 4.55 Å². The molecule has 0 aliphatic heterocycles. The first kappa shape index (κ1) is 10.9. The highest BCUT2D eigenvalue weighted by Gasteiger charge is 2.05. The van der Waals surface area contributed by atoms with Crippen LogP contribution in [0.25, 0.3) is 10.8 Å². The molecule has 0 aliphatic carbocycles. The third-order valence-electron chi connectivity index (χ3n) is 2.23. The van der Waals surface area contributed by atoms with E-state index in [1.807, 2.05) is 36.4 Å². The predicted octanol–water partition coefficient (Wildman–Crippen LogP) is 2.10. The van der Waals surface area contributed by atoms with Crippen LogP contribution in [0.5, 0.6) is 0 Å². The summed E-state index contributed by atoms with van der Waals surface area (Å²) in [4.78, 5) is 0. The van der Waals surface area contributed by atoms with Crippen molar-refractivity contribution < 1.29 is 13.0 Å². The Balaban J connectivity index is 2.38. The van der Waals surface area contributed by atoms with Gasteiger partial charge in [0.25, 0.3) is 10.1 Å². The Kier molecular flexibility index (Phi) is 2.80. The second kappa shape index (κ2) is 4.11. The maximum absolute atomic E-state index is 10.6. The Hall–Kier alpha value is -1.59. The molecule has 0 atom stereocenters. The van der Waals surface area contributed by atoms with Gasteiger partial charge in [0.15, 0.2) is 0 Å². The molecule has 0 amide bonds. The zero-order valence-corrected chi connectivity index (χ0v) is 9.24. The lowest BCUT2D eigenvalue weighted by Gasteiger charge is -2.07. The van der Waals surface area contributed by atoms with E-state index in [1.54, 1.807) is 6.07 Å². The van der Waals surface area contributed by atoms with Crippen LogP contribution in [0.2, 0.25) is 0 Å². The SMILES string of the molecule is O=S(=O)(O)CNc1cccc2ccccc12. The van der Waals surface area contributed by atoms with Gasteiger partial charge in [-0.05, 0) is 11.5 Å². The Labute approximate surface area is 93.7 Å². The number of hydrogen-bond acceptors (Lipinski definition) is 3. The predicted molar refractivity (Wildman–Crippen MR) is 64.0 cm³/mol. The molecule has 0 bridgehead atoms. The fourth-order valence-electron chi connectivity index (χ4n) is 1.55. The van der Waals surface area contributed by atoms with Crippen molar-refractivity contribution in [2.45, 2.75) is 0 Å². The van der Waals surface area contributed by atoms with E-state index in [-0.39, 0.29) is 0 Å². The van der Waals surface area contributed by atoms with Crippen LogP contribution in [-0.4, -0.2) is 18.8 Å². The van der Waals surface area contributed by atoms with Gasteiger partial charge in [-0.2, -0.15) is 8.42 Å². The molecular formula is C11H11NO3S. The van der Waals surface area contributed by atoms with E-state index < -0.39 is 16.0 Å². The first-order valence-electron chi connectivity index (χ1n) is 4.73. The normalized spacial score (nSPS) is 11.6. The molecule has 0 spiro atoms. The average Bonchev–Trinajstić information content (AvgIpc) is 2.25. The molecule has 2 aromatic carbocycles. The summed E-state index contributed by atoms with van der Waals surface area (Å²) >= 11 is 0. The second-order valence-electron chi connectivity index (χ2n) is 3.43. The van der Waals surface area contributed by atoms with Crippen LogP contribution < -0.4 is 5.32 Å². The third-order valence-corrected chi connectivity index (χ3v) is 2.74. The van der Waals surface area contributed by atoms with E-state index in [0.29, 0.717) is 5.69 Å². The lowest BCUT2D eigenvalue weighted by Crippen LogP contribution is -2.13. The summed E-state index contributed by atoms with van der Waals surface area (Å²) in [6, 6.07) is 13.2. The molecule has 2 aromatic rings. The van der Waals surface area contributed by atoms with E-state index >= 15 is 0 Å². The molecule has 0 radical (unpaired) electrons. The van der Waals surface area contributed by atoms with Crippen molar-refractivity contribution in [1.82, 2.24) is 0 Å². The second-order valence-corrected chi connectivity index (χ2v) is 4.88. The molecule has 84 valence electrons. The van der Waals surface area contributed by atoms with Crippen LogP contribution in [-0.2, 0) is 10.1 Å². The van der Waals surface area contributed by atoms with Gasteiger partial charge in [0.2, 0.25) is 0 Å². The Morgan fingerprint density at radius 2 is 1.75 bits per heavy atom. The molecule has 0 fully saturated rings. The Bertz CT molecular complexity index is 602. The summed E-state index contributed by atoms with van der Waals surface area (Å²) in [6.07, 6.45) is 0. The zero-order chi connectivity index (χ0) is 11.6. The minimum Gasteiger partial charge on any atom is -0.369 e. The van der Waals surface area contributed by atoms with Gasteiger partial charge in [0.1, 0.15) is 5.88 Å². The van der Waals surface area contributed by atoms with Crippen LogP contribution in [0.1, 0.15) is 0 Å². The fourth-order valence-corrected chi connectivity index (χ4v) is 1.89. The molecule has 0 aromatic heterocycles. The topological polar surface area (TPSA) is 66.4 Å². The van der Waals surface area contributed by atoms with Crippen LogP contribution in [0.15, 0.2) is 42.5 Å². The number of fused-ring (bicyclic) bond motifs is 1. The highest BCUT2D eigenvalue weighted by Crippen LogP contribution is 2.22. The molecule has 16 heavy (non-hydrogen) atoms. The van der Waals surface area contributed by atoms with Gasteiger partial charge in [0, 0.05) is 11.1 Å². The largest absolute Gasteiger partial charge is 0.369 e. The number of hydrogen-bond donors (Lipinski definition) is 2. The van der Waals surface area contributed by atoms with Crippen molar-refractivity contribution in [3.05, 3.63) is 42.5 Å². The van der Waals surface area contributed by atoms with Crippen LogP contribution >= 0.6 is 0 Å². The third kappa shape index (κ3) is 2.50. The monoisotopic (exact) mass is 237 g/mol. The van der Waals surface area contributed by atoms with Gasteiger partial charge < -0.3 is 5.32 Å². The molecule has 5 heteroatoms. The van der Waals surface area contributed by atoms with Crippen molar-refractivity contribution in [3.8, 4) is 0 Å². The fraction of sp³-hybridized carbons (Fsp3) is 0.0909. The first-order valence-corrected chi connectivity index (χ1v) is 6.34. The van der Waals surface area contributed by atoms with Gasteiger partial charge >= 0.3 is 0 Å². The molecule has 0 aliphatic rings. The number of benzene rings is 2. The number of nitrogens with one attached hydrogen (secondary N) is 1. The summed E-state index contributed by atoms with van der Waals surface area (Å²) in [5.41, 5.74) is 0.690. The summed E-state index contributed by atoms with van der Waals surface area (Å²) in [6.45, 7) is 0. The van der Waals surface area contributed by atoms with Crippen molar-refractivity contribution in [3.63, 3.8) is 0 Å². The summed E-state index contributed by atoms with van der Waals surface area (Å²) < 4.78 is 29.9. The quantitative estimate of drug-likeness (QED) is 0.802. The molecule has 0 saturated heterocycles. The molecule has 2 rings (SSSR count). The van der Waals surface area contributed by atoms with Crippen molar-refractivity contribution in [1.29, 1.82) is 0 Å². The number of rotatable bonds is 3. The minimum absolute atomic E-state index is 0.485. The van der Waals surface area contributed by atoms with Crippen molar-refractivity contribution >= 4 is 26.6 Å². The van der Waals surface area contributed by atoms with Gasteiger partial charge in [0.05, 0.1) is 0 Å². The van der Waals surface area contributed by atoms with E-state index in [2.05, 4.69) is 5.32 Å². The number of anilines is 1. The smallest absolute Gasteiger partial charge is 0.283 e. The van der Waals surface area contributed by atoms with Gasteiger partial charge in [-0.25, -0.2) is 0 Å². The van der Waals surface area contributed by atoms with E-state index in [1.165, 1.54) is 0 Å². The lowest BCUT2D eigenvalue weighted by molar-refractivity contribution is 0.485. The molecule has 0 heterocycles. The van der Waals surface area contributed by atoms with Gasteiger partial charge in [-0.1, -0.05) is 36.4 Å². The van der Waals surface area contributed by atoms with E-state index in [9.17, 15) is 8.42 Å². The summed E-state index contributed by atoms with van der Waals surface area (Å²) in [5, 5.41) is 4.63. The van der Waals surface area contributed by atoms with Crippen LogP contribution in [0.3, 0.4) is 0 Å². The van der Waals surface area contributed by atoms with Gasteiger partial charge in [-0.15, -0.1) is 0 Å². The van der Waals surface area contributed by atoms with Crippen LogP contribution in [0.4, 0.5) is 5.69 Å². The first-order chi connectivity index (χ1) is 7.56. The zero-order valence-electron chi connectivity index (χ0n) is 8.42.